The topological polar surface area (TPSA) is 73.6 Å². The van der Waals surface area contributed by atoms with E-state index in [2.05, 4.69) is 11.9 Å². The molecule has 0 aliphatic carbocycles. The molecular weight excluding hydrogens is 464 g/mol. The van der Waals surface area contributed by atoms with Gasteiger partial charge in [-0.05, 0) is 34.9 Å². The standard InChI is InChI=1S/C28H29ClN2O4/c1-3-4-12-25-30-27(29)24(18-32)31(25)17-19-13-15-21(16-14-19)35-26(28(33)34-2)23-11-7-9-20-8-5-6-10-22(20)23/h5-11,13-16,26,32H,3-4,12,17-18H2,1-2H3. The molecule has 0 saturated heterocycles. The van der Waals surface area contributed by atoms with E-state index in [4.69, 9.17) is 21.1 Å². The lowest BCUT2D eigenvalue weighted by atomic mass is 10.0. The maximum Gasteiger partial charge on any atom is 0.351 e. The smallest absolute Gasteiger partial charge is 0.351 e. The van der Waals surface area contributed by atoms with Crippen molar-refractivity contribution in [2.45, 2.75) is 45.4 Å². The first kappa shape index (κ1) is 24.8. The molecule has 0 bridgehead atoms. The van der Waals surface area contributed by atoms with Crippen molar-refractivity contribution in [1.29, 1.82) is 0 Å². The van der Waals surface area contributed by atoms with Crippen LogP contribution in [0.3, 0.4) is 0 Å². The van der Waals surface area contributed by atoms with Crippen LogP contribution in [0.5, 0.6) is 5.75 Å². The molecular formula is C28H29ClN2O4. The van der Waals surface area contributed by atoms with Crippen LogP contribution in [0.2, 0.25) is 5.15 Å². The fourth-order valence-corrected chi connectivity index (χ4v) is 4.44. The van der Waals surface area contributed by atoms with Gasteiger partial charge in [0.1, 0.15) is 11.6 Å². The number of aryl methyl sites for hydroxylation is 1. The molecule has 4 rings (SSSR count). The number of fused-ring (bicyclic) bond motifs is 1. The molecule has 0 fully saturated rings. The molecule has 0 spiro atoms. The van der Waals surface area contributed by atoms with Crippen molar-refractivity contribution >= 4 is 28.3 Å². The number of hydrogen-bond donors (Lipinski definition) is 1. The van der Waals surface area contributed by atoms with Crippen molar-refractivity contribution in [2.24, 2.45) is 0 Å². The summed E-state index contributed by atoms with van der Waals surface area (Å²) in [5, 5.41) is 12.1. The van der Waals surface area contributed by atoms with Crippen molar-refractivity contribution in [1.82, 2.24) is 9.55 Å². The number of carbonyl (C=O) groups excluding carboxylic acids is 1. The van der Waals surface area contributed by atoms with Gasteiger partial charge in [0.25, 0.3) is 0 Å². The summed E-state index contributed by atoms with van der Waals surface area (Å²) >= 11 is 6.27. The maximum absolute atomic E-state index is 12.7. The van der Waals surface area contributed by atoms with Gasteiger partial charge in [-0.1, -0.05) is 79.5 Å². The predicted octanol–water partition coefficient (Wildman–Crippen LogP) is 5.87. The quantitative estimate of drug-likeness (QED) is 0.280. The molecule has 0 aliphatic rings. The number of halogens is 1. The average Bonchev–Trinajstić information content (AvgIpc) is 3.19. The zero-order chi connectivity index (χ0) is 24.8. The van der Waals surface area contributed by atoms with E-state index >= 15 is 0 Å². The minimum atomic E-state index is -0.897. The molecule has 35 heavy (non-hydrogen) atoms. The fraction of sp³-hybridized carbons (Fsp3) is 0.286. The normalized spacial score (nSPS) is 12.0. The summed E-state index contributed by atoms with van der Waals surface area (Å²) in [5.41, 5.74) is 2.36. The lowest BCUT2D eigenvalue weighted by Gasteiger charge is -2.19. The number of aliphatic hydroxyl groups excluding tert-OH is 1. The molecule has 0 amide bonds. The first-order valence-corrected chi connectivity index (χ1v) is 12.1. The molecule has 1 heterocycles. The van der Waals surface area contributed by atoms with Gasteiger partial charge >= 0.3 is 5.97 Å². The number of rotatable bonds is 10. The lowest BCUT2D eigenvalue weighted by Crippen LogP contribution is -2.20. The highest BCUT2D eigenvalue weighted by molar-refractivity contribution is 6.30. The SMILES string of the molecule is CCCCc1nc(Cl)c(CO)n1Cc1ccc(OC(C(=O)OC)c2cccc3ccccc23)cc1. The molecule has 0 radical (unpaired) electrons. The van der Waals surface area contributed by atoms with Crippen LogP contribution in [0.4, 0.5) is 0 Å². The zero-order valence-electron chi connectivity index (χ0n) is 19.9. The number of methoxy groups -OCH3 is 1. The Morgan fingerprint density at radius 2 is 1.83 bits per heavy atom. The number of benzene rings is 3. The second-order valence-corrected chi connectivity index (χ2v) is 8.70. The van der Waals surface area contributed by atoms with Gasteiger partial charge < -0.3 is 19.1 Å². The summed E-state index contributed by atoms with van der Waals surface area (Å²) in [6.07, 6.45) is 1.94. The van der Waals surface area contributed by atoms with Crippen molar-refractivity contribution < 1.29 is 19.4 Å². The first-order valence-electron chi connectivity index (χ1n) is 11.7. The molecule has 4 aromatic rings. The van der Waals surface area contributed by atoms with E-state index in [-0.39, 0.29) is 6.61 Å². The van der Waals surface area contributed by atoms with Gasteiger partial charge in [0.15, 0.2) is 5.15 Å². The van der Waals surface area contributed by atoms with Crippen molar-refractivity contribution in [3.8, 4) is 5.75 Å². The summed E-state index contributed by atoms with van der Waals surface area (Å²) in [5.74, 6) is 0.948. The molecule has 7 heteroatoms. The van der Waals surface area contributed by atoms with E-state index in [1.807, 2.05) is 71.3 Å². The van der Waals surface area contributed by atoms with Crippen LogP contribution in [-0.4, -0.2) is 27.7 Å². The summed E-state index contributed by atoms with van der Waals surface area (Å²) in [6.45, 7) is 2.48. The van der Waals surface area contributed by atoms with Crippen LogP contribution in [-0.2, 0) is 29.1 Å². The van der Waals surface area contributed by atoms with E-state index in [1.165, 1.54) is 7.11 Å². The van der Waals surface area contributed by atoms with E-state index < -0.39 is 12.1 Å². The third kappa shape index (κ3) is 5.50. The number of aliphatic hydroxyl groups is 1. The van der Waals surface area contributed by atoms with E-state index in [0.717, 1.165) is 47.0 Å². The molecule has 6 nitrogen and oxygen atoms in total. The molecule has 3 aromatic carbocycles. The molecule has 1 atom stereocenters. The number of esters is 1. The first-order chi connectivity index (χ1) is 17.0. The lowest BCUT2D eigenvalue weighted by molar-refractivity contribution is -0.149. The Kier molecular flexibility index (Phi) is 8.06. The van der Waals surface area contributed by atoms with Crippen molar-refractivity contribution in [3.63, 3.8) is 0 Å². The second-order valence-electron chi connectivity index (χ2n) is 8.35. The van der Waals surface area contributed by atoms with E-state index in [1.54, 1.807) is 0 Å². The number of aromatic nitrogens is 2. The minimum Gasteiger partial charge on any atom is -0.474 e. The Bertz CT molecular complexity index is 1300. The molecule has 1 N–H and O–H groups in total. The summed E-state index contributed by atoms with van der Waals surface area (Å²) < 4.78 is 13.2. The molecule has 1 aromatic heterocycles. The minimum absolute atomic E-state index is 0.176. The molecule has 0 aliphatic heterocycles. The van der Waals surface area contributed by atoms with E-state index in [9.17, 15) is 9.90 Å². The Morgan fingerprint density at radius 3 is 2.54 bits per heavy atom. The molecule has 1 unspecified atom stereocenters. The predicted molar refractivity (Wildman–Crippen MR) is 137 cm³/mol. The van der Waals surface area contributed by atoms with Crippen molar-refractivity contribution in [3.05, 3.63) is 94.5 Å². The summed E-state index contributed by atoms with van der Waals surface area (Å²) in [6, 6.07) is 21.2. The van der Waals surface area contributed by atoms with Crippen LogP contribution in [0, 0.1) is 0 Å². The Labute approximate surface area is 210 Å². The van der Waals surface area contributed by atoms with Crippen LogP contribution < -0.4 is 4.74 Å². The summed E-state index contributed by atoms with van der Waals surface area (Å²) in [4.78, 5) is 17.1. The van der Waals surface area contributed by atoms with Crippen molar-refractivity contribution in [2.75, 3.05) is 7.11 Å². The fourth-order valence-electron chi connectivity index (χ4n) is 4.19. The monoisotopic (exact) mass is 492 g/mol. The van der Waals surface area contributed by atoms with Gasteiger partial charge in [0.2, 0.25) is 6.10 Å². The highest BCUT2D eigenvalue weighted by Gasteiger charge is 2.25. The Hall–Kier alpha value is -3.35. The van der Waals surface area contributed by atoms with Gasteiger partial charge in [0.05, 0.1) is 19.4 Å². The third-order valence-corrected chi connectivity index (χ3v) is 6.35. The summed E-state index contributed by atoms with van der Waals surface area (Å²) in [7, 11) is 1.36. The van der Waals surface area contributed by atoms with E-state index in [0.29, 0.717) is 23.1 Å². The number of nitrogens with zero attached hydrogens (tertiary/aromatic N) is 2. The van der Waals surface area contributed by atoms with Gasteiger partial charge in [0, 0.05) is 18.5 Å². The highest BCUT2D eigenvalue weighted by Crippen LogP contribution is 2.30. The number of unbranched alkanes of at least 4 members (excludes halogenated alkanes) is 1. The van der Waals surface area contributed by atoms with Gasteiger partial charge in [-0.25, -0.2) is 9.78 Å². The van der Waals surface area contributed by atoms with Gasteiger partial charge in [-0.3, -0.25) is 0 Å². The zero-order valence-corrected chi connectivity index (χ0v) is 20.7. The molecule has 182 valence electrons. The number of ether oxygens (including phenoxy) is 2. The number of carbonyl (C=O) groups is 1. The Morgan fingerprint density at radius 1 is 1.09 bits per heavy atom. The Balaban J connectivity index is 1.58. The average molecular weight is 493 g/mol. The number of imidazole rings is 1. The van der Waals surface area contributed by atoms with Gasteiger partial charge in [-0.2, -0.15) is 0 Å². The van der Waals surface area contributed by atoms with Gasteiger partial charge in [-0.15, -0.1) is 0 Å². The maximum atomic E-state index is 12.7. The third-order valence-electron chi connectivity index (χ3n) is 6.05. The van der Waals surface area contributed by atoms with Crippen LogP contribution >= 0.6 is 11.6 Å². The van der Waals surface area contributed by atoms with Crippen LogP contribution in [0.15, 0.2) is 66.7 Å². The van der Waals surface area contributed by atoms with Crippen LogP contribution in [0.25, 0.3) is 10.8 Å². The second kappa shape index (κ2) is 11.4. The largest absolute Gasteiger partial charge is 0.474 e. The van der Waals surface area contributed by atoms with Crippen LogP contribution in [0.1, 0.15) is 48.5 Å². The molecule has 0 saturated carbocycles. The number of hydrogen-bond acceptors (Lipinski definition) is 5. The highest BCUT2D eigenvalue weighted by atomic mass is 35.5.